The molecule has 0 unspecified atom stereocenters. The van der Waals surface area contributed by atoms with E-state index in [1.54, 1.807) is 54.6 Å². The minimum Gasteiger partial charge on any atom is -0.352 e. The fraction of sp³-hybridized carbons (Fsp3) is 0.103. The van der Waals surface area contributed by atoms with Crippen LogP contribution in [0.3, 0.4) is 0 Å². The molecule has 1 heterocycles. The molecule has 4 aromatic rings. The number of benzene rings is 4. The molecule has 0 saturated carbocycles. The van der Waals surface area contributed by atoms with Gasteiger partial charge in [0, 0.05) is 12.1 Å². The fourth-order valence-corrected chi connectivity index (χ4v) is 5.55. The average Bonchev–Trinajstić information content (AvgIpc) is 2.99. The van der Waals surface area contributed by atoms with Crippen LogP contribution in [0.15, 0.2) is 107 Å². The SMILES string of the molecule is O=C(NCCc1ccccc1)c1ccc2c(c1)N(Cc1ccc(F)cc1)C(=O)c1ccccc1[S@]2=O. The second-order valence-corrected chi connectivity index (χ2v) is 9.87. The Balaban J connectivity index is 1.48. The van der Waals surface area contributed by atoms with Crippen molar-refractivity contribution in [1.29, 1.82) is 0 Å². The number of fused-ring (bicyclic) bond motifs is 2. The topological polar surface area (TPSA) is 66.5 Å². The third-order valence-electron chi connectivity index (χ3n) is 6.07. The van der Waals surface area contributed by atoms with Gasteiger partial charge in [-0.25, -0.2) is 8.60 Å². The summed E-state index contributed by atoms with van der Waals surface area (Å²) in [7, 11) is -1.62. The molecule has 0 fully saturated rings. The first-order valence-corrected chi connectivity index (χ1v) is 12.7. The van der Waals surface area contributed by atoms with E-state index in [0.717, 1.165) is 5.56 Å². The van der Waals surface area contributed by atoms with Crippen molar-refractivity contribution in [1.82, 2.24) is 5.32 Å². The van der Waals surface area contributed by atoms with Crippen molar-refractivity contribution in [3.8, 4) is 0 Å². The molecule has 0 spiro atoms. The van der Waals surface area contributed by atoms with Crippen LogP contribution in [0.2, 0.25) is 0 Å². The molecule has 0 aliphatic carbocycles. The highest BCUT2D eigenvalue weighted by Crippen LogP contribution is 2.36. The van der Waals surface area contributed by atoms with Gasteiger partial charge in [-0.15, -0.1) is 0 Å². The van der Waals surface area contributed by atoms with Crippen LogP contribution in [0, 0.1) is 5.82 Å². The minimum atomic E-state index is -1.62. The summed E-state index contributed by atoms with van der Waals surface area (Å²) in [6.07, 6.45) is 0.687. The second kappa shape index (κ2) is 10.3. The zero-order valence-corrected chi connectivity index (χ0v) is 20.1. The van der Waals surface area contributed by atoms with Gasteiger partial charge in [-0.1, -0.05) is 54.6 Å². The summed E-state index contributed by atoms with van der Waals surface area (Å²) in [5.74, 6) is -0.985. The van der Waals surface area contributed by atoms with Crippen molar-refractivity contribution in [2.24, 2.45) is 0 Å². The molecule has 0 radical (unpaired) electrons. The van der Waals surface area contributed by atoms with Crippen molar-refractivity contribution in [2.75, 3.05) is 11.4 Å². The number of rotatable bonds is 6. The summed E-state index contributed by atoms with van der Waals surface area (Å²) in [4.78, 5) is 29.0. The molecule has 1 N–H and O–H groups in total. The highest BCUT2D eigenvalue weighted by atomic mass is 32.2. The zero-order valence-electron chi connectivity index (χ0n) is 19.3. The van der Waals surface area contributed by atoms with Gasteiger partial charge < -0.3 is 10.2 Å². The molecule has 36 heavy (non-hydrogen) atoms. The third-order valence-corrected chi connectivity index (χ3v) is 7.57. The molecule has 0 bridgehead atoms. The van der Waals surface area contributed by atoms with Crippen LogP contribution < -0.4 is 10.2 Å². The smallest absolute Gasteiger partial charge is 0.259 e. The van der Waals surface area contributed by atoms with Gasteiger partial charge in [0.25, 0.3) is 11.8 Å². The van der Waals surface area contributed by atoms with Crippen LogP contribution in [0.5, 0.6) is 0 Å². The highest BCUT2D eigenvalue weighted by molar-refractivity contribution is 7.85. The number of halogens is 1. The summed E-state index contributed by atoms with van der Waals surface area (Å²) in [5.41, 5.74) is 2.92. The molecule has 4 aromatic carbocycles. The number of hydrogen-bond donors (Lipinski definition) is 1. The van der Waals surface area contributed by atoms with E-state index in [9.17, 15) is 18.2 Å². The molecule has 2 amide bonds. The molecule has 1 atom stereocenters. The van der Waals surface area contributed by atoms with Crippen LogP contribution in [0.1, 0.15) is 31.8 Å². The standard InChI is InChI=1S/C29H23FN2O3S/c30-23-13-10-21(11-14-23)19-32-25-18-22(28(33)31-17-16-20-6-2-1-3-7-20)12-15-27(25)36(35)26-9-5-4-8-24(26)29(32)34/h1-15,18H,16-17,19H2,(H,31,33)/t36-/m1/s1. The van der Waals surface area contributed by atoms with Gasteiger partial charge in [0.05, 0.1) is 38.4 Å². The van der Waals surface area contributed by atoms with Crippen molar-refractivity contribution in [3.63, 3.8) is 0 Å². The lowest BCUT2D eigenvalue weighted by atomic mass is 10.1. The van der Waals surface area contributed by atoms with Crippen LogP contribution in [0.4, 0.5) is 10.1 Å². The van der Waals surface area contributed by atoms with E-state index in [2.05, 4.69) is 5.32 Å². The van der Waals surface area contributed by atoms with E-state index >= 15 is 0 Å². The Morgan fingerprint density at radius 1 is 0.833 bits per heavy atom. The van der Waals surface area contributed by atoms with Crippen molar-refractivity contribution in [3.05, 3.63) is 125 Å². The van der Waals surface area contributed by atoms with E-state index < -0.39 is 10.8 Å². The lowest BCUT2D eigenvalue weighted by Crippen LogP contribution is -2.31. The first kappa shape index (κ1) is 23.6. The van der Waals surface area contributed by atoms with Gasteiger partial charge in [-0.2, -0.15) is 0 Å². The Kier molecular flexibility index (Phi) is 6.73. The summed E-state index contributed by atoms with van der Waals surface area (Å²) in [6.45, 7) is 0.590. The number of anilines is 1. The van der Waals surface area contributed by atoms with Gasteiger partial charge in [-0.3, -0.25) is 9.59 Å². The van der Waals surface area contributed by atoms with Crippen LogP contribution in [-0.2, 0) is 23.8 Å². The first-order chi connectivity index (χ1) is 17.5. The Morgan fingerprint density at radius 2 is 1.56 bits per heavy atom. The molecule has 0 saturated heterocycles. The summed E-state index contributed by atoms with van der Waals surface area (Å²) >= 11 is 0. The fourth-order valence-electron chi connectivity index (χ4n) is 4.20. The molecule has 1 aliphatic heterocycles. The largest absolute Gasteiger partial charge is 0.352 e. The molecule has 7 heteroatoms. The molecular weight excluding hydrogens is 475 g/mol. The number of carbonyl (C=O) groups is 2. The normalized spacial score (nSPS) is 14.5. The van der Waals surface area contributed by atoms with Crippen LogP contribution in [-0.4, -0.2) is 22.6 Å². The Bertz CT molecular complexity index is 1460. The maximum atomic E-state index is 13.6. The van der Waals surface area contributed by atoms with Gasteiger partial charge in [-0.05, 0) is 60.0 Å². The average molecular weight is 499 g/mol. The van der Waals surface area contributed by atoms with E-state index in [4.69, 9.17) is 0 Å². The third kappa shape index (κ3) is 4.83. The van der Waals surface area contributed by atoms with E-state index in [1.807, 2.05) is 30.3 Å². The number of carbonyl (C=O) groups excluding carboxylic acids is 2. The molecule has 1 aliphatic rings. The first-order valence-electron chi connectivity index (χ1n) is 11.5. The highest BCUT2D eigenvalue weighted by Gasteiger charge is 2.31. The monoisotopic (exact) mass is 498 g/mol. The van der Waals surface area contributed by atoms with Gasteiger partial charge >= 0.3 is 0 Å². The summed E-state index contributed by atoms with van der Waals surface area (Å²) in [6, 6.07) is 27.4. The molecule has 5 rings (SSSR count). The lowest BCUT2D eigenvalue weighted by molar-refractivity contribution is 0.0950. The number of nitrogens with zero attached hydrogens (tertiary/aromatic N) is 1. The maximum Gasteiger partial charge on any atom is 0.259 e. The summed E-state index contributed by atoms with van der Waals surface area (Å²) < 4.78 is 27.0. The quantitative estimate of drug-likeness (QED) is 0.401. The Hall–Kier alpha value is -4.10. The molecule has 180 valence electrons. The predicted molar refractivity (Wildman–Crippen MR) is 137 cm³/mol. The van der Waals surface area contributed by atoms with E-state index in [1.165, 1.54) is 17.0 Å². The number of nitrogens with one attached hydrogen (secondary N) is 1. The maximum absolute atomic E-state index is 13.6. The number of amides is 2. The van der Waals surface area contributed by atoms with Gasteiger partial charge in [0.15, 0.2) is 0 Å². The second-order valence-electron chi connectivity index (χ2n) is 8.46. The Labute approximate surface area is 211 Å². The molecule has 0 aromatic heterocycles. The molecular formula is C29H23FN2O3S. The van der Waals surface area contributed by atoms with Crippen LogP contribution >= 0.6 is 0 Å². The summed E-state index contributed by atoms with van der Waals surface area (Å²) in [5, 5.41) is 2.92. The van der Waals surface area contributed by atoms with Crippen LogP contribution in [0.25, 0.3) is 0 Å². The van der Waals surface area contributed by atoms with E-state index in [-0.39, 0.29) is 24.2 Å². The lowest BCUT2D eigenvalue weighted by Gasteiger charge is -2.23. The molecule has 5 nitrogen and oxygen atoms in total. The van der Waals surface area contributed by atoms with Crippen molar-refractivity contribution >= 4 is 28.3 Å². The van der Waals surface area contributed by atoms with Gasteiger partial charge in [0.1, 0.15) is 5.82 Å². The van der Waals surface area contributed by atoms with E-state index in [0.29, 0.717) is 45.1 Å². The minimum absolute atomic E-state index is 0.136. The number of hydrogen-bond acceptors (Lipinski definition) is 3. The van der Waals surface area contributed by atoms with Gasteiger partial charge in [0.2, 0.25) is 0 Å². The van der Waals surface area contributed by atoms with Crippen molar-refractivity contribution < 1.29 is 18.2 Å². The van der Waals surface area contributed by atoms with Crippen molar-refractivity contribution in [2.45, 2.75) is 22.8 Å². The zero-order chi connectivity index (χ0) is 25.1. The Morgan fingerprint density at radius 3 is 2.33 bits per heavy atom. The predicted octanol–water partition coefficient (Wildman–Crippen LogP) is 5.13.